The molecule has 0 spiro atoms. The lowest BCUT2D eigenvalue weighted by molar-refractivity contribution is 0.0972. The van der Waals surface area contributed by atoms with Gasteiger partial charge in [0.15, 0.2) is 5.78 Å². The molecule has 2 aliphatic carbocycles. The topological polar surface area (TPSA) is 37.3 Å². The molecule has 4 rings (SSSR count). The Bertz CT molecular complexity index is 755. The van der Waals surface area contributed by atoms with E-state index >= 15 is 0 Å². The number of aryl methyl sites for hydroxylation is 2. The number of ketones is 1. The summed E-state index contributed by atoms with van der Waals surface area (Å²) in [6, 6.07) is 9.14. The van der Waals surface area contributed by atoms with Crippen LogP contribution in [0, 0.1) is 11.6 Å². The standard InChI is InChI=1S/C10H11FO.C10H9FO/c2*11-8-5-4-7-2-1-3-10(12)9(7)6-8/h4-6,10,12H,1-3H2;4-6H,1-3H2/t10-;/m0./s1. The first kappa shape index (κ1) is 16.8. The Labute approximate surface area is 140 Å². The minimum Gasteiger partial charge on any atom is -0.388 e. The lowest BCUT2D eigenvalue weighted by Crippen LogP contribution is -2.10. The third-order valence-corrected chi connectivity index (χ3v) is 4.61. The first-order valence-corrected chi connectivity index (χ1v) is 8.32. The van der Waals surface area contributed by atoms with Gasteiger partial charge >= 0.3 is 0 Å². The maximum absolute atomic E-state index is 12.8. The summed E-state index contributed by atoms with van der Waals surface area (Å²) >= 11 is 0. The zero-order valence-electron chi connectivity index (χ0n) is 13.4. The normalized spacial score (nSPS) is 19.0. The molecule has 126 valence electrons. The van der Waals surface area contributed by atoms with Gasteiger partial charge in [-0.15, -0.1) is 0 Å². The molecular weight excluding hydrogens is 310 g/mol. The zero-order chi connectivity index (χ0) is 17.1. The lowest BCUT2D eigenvalue weighted by atomic mass is 9.89. The fourth-order valence-electron chi connectivity index (χ4n) is 3.35. The molecule has 0 radical (unpaired) electrons. The average molecular weight is 330 g/mol. The number of fused-ring (bicyclic) bond motifs is 2. The molecule has 4 heteroatoms. The van der Waals surface area contributed by atoms with Gasteiger partial charge in [0.1, 0.15) is 11.6 Å². The fraction of sp³-hybridized carbons (Fsp3) is 0.350. The number of carbonyl (C=O) groups is 1. The van der Waals surface area contributed by atoms with Crippen LogP contribution in [0.15, 0.2) is 36.4 Å². The smallest absolute Gasteiger partial charge is 0.163 e. The van der Waals surface area contributed by atoms with E-state index < -0.39 is 6.10 Å². The molecule has 0 saturated heterocycles. The van der Waals surface area contributed by atoms with E-state index in [1.165, 1.54) is 24.3 Å². The molecule has 2 aliphatic rings. The van der Waals surface area contributed by atoms with Crippen molar-refractivity contribution in [1.82, 2.24) is 0 Å². The van der Waals surface area contributed by atoms with Crippen molar-refractivity contribution in [3.63, 3.8) is 0 Å². The van der Waals surface area contributed by atoms with Crippen molar-refractivity contribution in [3.8, 4) is 0 Å². The number of hydrogen-bond donors (Lipinski definition) is 1. The van der Waals surface area contributed by atoms with Crippen molar-refractivity contribution < 1.29 is 18.7 Å². The highest BCUT2D eigenvalue weighted by Gasteiger charge is 2.18. The van der Waals surface area contributed by atoms with Crippen LogP contribution in [0.5, 0.6) is 0 Å². The summed E-state index contributed by atoms with van der Waals surface area (Å²) in [4.78, 5) is 11.3. The molecule has 0 saturated carbocycles. The van der Waals surface area contributed by atoms with E-state index in [4.69, 9.17) is 0 Å². The van der Waals surface area contributed by atoms with E-state index in [1.54, 1.807) is 12.1 Å². The molecule has 0 bridgehead atoms. The second kappa shape index (κ2) is 7.22. The molecule has 0 aliphatic heterocycles. The Kier molecular flexibility index (Phi) is 5.05. The van der Waals surface area contributed by atoms with Gasteiger partial charge in [0.2, 0.25) is 0 Å². The minimum absolute atomic E-state index is 0.0794. The Balaban J connectivity index is 0.000000141. The van der Waals surface area contributed by atoms with E-state index in [1.807, 2.05) is 0 Å². The highest BCUT2D eigenvalue weighted by Crippen LogP contribution is 2.29. The summed E-state index contributed by atoms with van der Waals surface area (Å²) in [5.74, 6) is -0.491. The van der Waals surface area contributed by atoms with Gasteiger partial charge in [0.05, 0.1) is 6.10 Å². The number of aliphatic hydroxyl groups is 1. The monoisotopic (exact) mass is 330 g/mol. The number of halogens is 2. The Hall–Kier alpha value is -2.07. The van der Waals surface area contributed by atoms with Crippen LogP contribution in [0.25, 0.3) is 0 Å². The van der Waals surface area contributed by atoms with Gasteiger partial charge in [-0.3, -0.25) is 4.79 Å². The van der Waals surface area contributed by atoms with Gasteiger partial charge in [-0.05, 0) is 73.1 Å². The van der Waals surface area contributed by atoms with Crippen LogP contribution in [0.2, 0.25) is 0 Å². The van der Waals surface area contributed by atoms with Crippen LogP contribution < -0.4 is 0 Å². The summed E-state index contributed by atoms with van der Waals surface area (Å²) in [6.07, 6.45) is 4.64. The second-order valence-electron chi connectivity index (χ2n) is 6.33. The molecule has 1 N–H and O–H groups in total. The highest BCUT2D eigenvalue weighted by molar-refractivity contribution is 5.98. The molecule has 24 heavy (non-hydrogen) atoms. The lowest BCUT2D eigenvalue weighted by Gasteiger charge is -2.20. The van der Waals surface area contributed by atoms with E-state index in [-0.39, 0.29) is 17.4 Å². The van der Waals surface area contributed by atoms with Gasteiger partial charge in [0.25, 0.3) is 0 Å². The Morgan fingerprint density at radius 2 is 1.54 bits per heavy atom. The number of benzene rings is 2. The SMILES string of the molecule is O=C1CCCc2ccc(F)cc21.O[C@H]1CCCc2ccc(F)cc21. The first-order chi connectivity index (χ1) is 11.5. The number of carbonyl (C=O) groups excluding carboxylic acids is 1. The van der Waals surface area contributed by atoms with Gasteiger partial charge in [-0.25, -0.2) is 8.78 Å². The predicted octanol–water partition coefficient (Wildman–Crippen LogP) is 4.54. The zero-order valence-corrected chi connectivity index (χ0v) is 13.4. The molecule has 0 fully saturated rings. The van der Waals surface area contributed by atoms with Gasteiger partial charge < -0.3 is 5.11 Å². The van der Waals surface area contributed by atoms with Crippen molar-refractivity contribution in [3.05, 3.63) is 70.3 Å². The summed E-state index contributed by atoms with van der Waals surface area (Å²) < 4.78 is 25.5. The predicted molar refractivity (Wildman–Crippen MR) is 88.0 cm³/mol. The van der Waals surface area contributed by atoms with Crippen molar-refractivity contribution in [1.29, 1.82) is 0 Å². The number of hydrogen-bond acceptors (Lipinski definition) is 2. The number of rotatable bonds is 0. The number of Topliss-reactive ketones (excluding diaryl/α,β-unsaturated/α-hetero) is 1. The average Bonchev–Trinajstić information content (AvgIpc) is 2.57. The number of aliphatic hydroxyl groups excluding tert-OH is 1. The van der Waals surface area contributed by atoms with Crippen molar-refractivity contribution in [2.75, 3.05) is 0 Å². The van der Waals surface area contributed by atoms with E-state index in [2.05, 4.69) is 0 Å². The van der Waals surface area contributed by atoms with E-state index in [0.717, 1.165) is 48.8 Å². The molecule has 2 aromatic rings. The van der Waals surface area contributed by atoms with Crippen molar-refractivity contribution in [2.24, 2.45) is 0 Å². The van der Waals surface area contributed by atoms with Gasteiger partial charge in [-0.2, -0.15) is 0 Å². The van der Waals surface area contributed by atoms with Crippen LogP contribution in [-0.2, 0) is 12.8 Å². The third kappa shape index (κ3) is 3.70. The molecule has 0 heterocycles. The highest BCUT2D eigenvalue weighted by atomic mass is 19.1. The Morgan fingerprint density at radius 3 is 2.33 bits per heavy atom. The summed E-state index contributed by atoms with van der Waals surface area (Å²) in [5, 5.41) is 9.52. The second-order valence-corrected chi connectivity index (χ2v) is 6.33. The fourth-order valence-corrected chi connectivity index (χ4v) is 3.35. The maximum atomic E-state index is 12.8. The Morgan fingerprint density at radius 1 is 0.875 bits per heavy atom. The van der Waals surface area contributed by atoms with Crippen molar-refractivity contribution in [2.45, 2.75) is 44.6 Å². The van der Waals surface area contributed by atoms with Gasteiger partial charge in [0, 0.05) is 12.0 Å². The van der Waals surface area contributed by atoms with Crippen LogP contribution in [0.4, 0.5) is 8.78 Å². The van der Waals surface area contributed by atoms with Crippen LogP contribution in [-0.4, -0.2) is 10.9 Å². The molecule has 0 unspecified atom stereocenters. The quantitative estimate of drug-likeness (QED) is 0.770. The van der Waals surface area contributed by atoms with Crippen LogP contribution in [0.3, 0.4) is 0 Å². The molecule has 2 nitrogen and oxygen atoms in total. The molecule has 1 atom stereocenters. The summed E-state index contributed by atoms with van der Waals surface area (Å²) in [5.41, 5.74) is 3.45. The molecule has 0 amide bonds. The summed E-state index contributed by atoms with van der Waals surface area (Å²) in [7, 11) is 0. The van der Waals surface area contributed by atoms with E-state index in [9.17, 15) is 18.7 Å². The van der Waals surface area contributed by atoms with Crippen LogP contribution >= 0.6 is 0 Å². The maximum Gasteiger partial charge on any atom is 0.163 e. The first-order valence-electron chi connectivity index (χ1n) is 8.32. The molecule has 2 aromatic carbocycles. The molecular formula is C20H20F2O2. The minimum atomic E-state index is -0.454. The summed E-state index contributed by atoms with van der Waals surface area (Å²) in [6.45, 7) is 0. The van der Waals surface area contributed by atoms with Crippen LogP contribution in [0.1, 0.15) is 58.8 Å². The van der Waals surface area contributed by atoms with Gasteiger partial charge in [-0.1, -0.05) is 12.1 Å². The third-order valence-electron chi connectivity index (χ3n) is 4.61. The molecule has 0 aromatic heterocycles. The largest absolute Gasteiger partial charge is 0.388 e. The van der Waals surface area contributed by atoms with Crippen molar-refractivity contribution >= 4 is 5.78 Å². The van der Waals surface area contributed by atoms with E-state index in [0.29, 0.717) is 12.0 Å².